The third-order valence-electron chi connectivity index (χ3n) is 2.59. The van der Waals surface area contributed by atoms with Crippen LogP contribution in [-0.4, -0.2) is 0 Å². The Morgan fingerprint density at radius 2 is 1.78 bits per heavy atom. The summed E-state index contributed by atoms with van der Waals surface area (Å²) in [5.41, 5.74) is 7.09. The summed E-state index contributed by atoms with van der Waals surface area (Å²) >= 11 is 5.55. The van der Waals surface area contributed by atoms with E-state index in [9.17, 15) is 8.78 Å². The van der Waals surface area contributed by atoms with Crippen LogP contribution >= 0.6 is 38.5 Å². The summed E-state index contributed by atoms with van der Waals surface area (Å²) in [6, 6.07) is 8.45. The number of benzene rings is 2. The van der Waals surface area contributed by atoms with Crippen molar-refractivity contribution in [3.8, 4) is 0 Å². The van der Waals surface area contributed by atoms with Crippen molar-refractivity contribution in [2.24, 2.45) is 5.73 Å². The highest BCUT2D eigenvalue weighted by atomic mass is 127. The second kappa shape index (κ2) is 5.63. The van der Waals surface area contributed by atoms with E-state index in [0.29, 0.717) is 0 Å². The van der Waals surface area contributed by atoms with Crippen molar-refractivity contribution in [2.45, 2.75) is 6.04 Å². The first-order chi connectivity index (χ1) is 8.49. The summed E-state index contributed by atoms with van der Waals surface area (Å²) in [6.45, 7) is 0. The largest absolute Gasteiger partial charge is 0.320 e. The second-order valence-electron chi connectivity index (χ2n) is 3.81. The fraction of sp³-hybridized carbons (Fsp3) is 0.0769. The van der Waals surface area contributed by atoms with Crippen LogP contribution in [0, 0.1) is 15.2 Å². The first kappa shape index (κ1) is 13.9. The molecular formula is C13H9BrF2IN. The Labute approximate surface area is 126 Å². The summed E-state index contributed by atoms with van der Waals surface area (Å²) in [4.78, 5) is 0. The molecule has 0 bridgehead atoms. The molecule has 2 rings (SSSR count). The molecule has 2 aromatic carbocycles. The lowest BCUT2D eigenvalue weighted by Crippen LogP contribution is -2.14. The first-order valence-electron chi connectivity index (χ1n) is 5.14. The summed E-state index contributed by atoms with van der Waals surface area (Å²) in [5, 5.41) is 0. The molecule has 18 heavy (non-hydrogen) atoms. The van der Waals surface area contributed by atoms with Gasteiger partial charge in [-0.2, -0.15) is 0 Å². The van der Waals surface area contributed by atoms with Crippen LogP contribution in [-0.2, 0) is 0 Å². The Morgan fingerprint density at radius 1 is 1.06 bits per heavy atom. The van der Waals surface area contributed by atoms with E-state index in [1.54, 1.807) is 0 Å². The van der Waals surface area contributed by atoms with E-state index in [1.165, 1.54) is 12.1 Å². The average molecular weight is 424 g/mol. The van der Waals surface area contributed by atoms with Gasteiger partial charge in [0.1, 0.15) is 11.6 Å². The molecular weight excluding hydrogens is 415 g/mol. The van der Waals surface area contributed by atoms with Gasteiger partial charge in [0.2, 0.25) is 0 Å². The highest BCUT2D eigenvalue weighted by Gasteiger charge is 2.16. The summed E-state index contributed by atoms with van der Waals surface area (Å²) in [5.74, 6) is -1.24. The molecule has 94 valence electrons. The van der Waals surface area contributed by atoms with Gasteiger partial charge in [-0.15, -0.1) is 0 Å². The Bertz CT molecular complexity index is 589. The molecule has 2 N–H and O–H groups in total. The lowest BCUT2D eigenvalue weighted by atomic mass is 9.99. The molecule has 0 aliphatic heterocycles. The van der Waals surface area contributed by atoms with E-state index in [0.717, 1.165) is 19.7 Å². The topological polar surface area (TPSA) is 26.0 Å². The van der Waals surface area contributed by atoms with Crippen LogP contribution in [0.25, 0.3) is 0 Å². The highest BCUT2D eigenvalue weighted by molar-refractivity contribution is 14.1. The Morgan fingerprint density at radius 3 is 2.44 bits per heavy atom. The number of hydrogen-bond acceptors (Lipinski definition) is 1. The van der Waals surface area contributed by atoms with Crippen LogP contribution in [0.1, 0.15) is 17.2 Å². The SMILES string of the molecule is NC(c1ccc(F)cc1F)c1cc(I)ccc1Br. The molecule has 5 heteroatoms. The van der Waals surface area contributed by atoms with E-state index < -0.39 is 17.7 Å². The van der Waals surface area contributed by atoms with Crippen molar-refractivity contribution in [1.82, 2.24) is 0 Å². The van der Waals surface area contributed by atoms with Gasteiger partial charge in [0.25, 0.3) is 0 Å². The minimum absolute atomic E-state index is 0.277. The van der Waals surface area contributed by atoms with Crippen LogP contribution in [0.2, 0.25) is 0 Å². The normalized spacial score (nSPS) is 12.5. The summed E-state index contributed by atoms with van der Waals surface area (Å²) in [7, 11) is 0. The fourth-order valence-corrected chi connectivity index (χ4v) is 2.68. The van der Waals surface area contributed by atoms with E-state index in [2.05, 4.69) is 38.5 Å². The maximum Gasteiger partial charge on any atom is 0.131 e. The zero-order chi connectivity index (χ0) is 13.3. The van der Waals surface area contributed by atoms with Gasteiger partial charge >= 0.3 is 0 Å². The van der Waals surface area contributed by atoms with Crippen LogP contribution in [0.15, 0.2) is 40.9 Å². The minimum atomic E-state index is -0.631. The number of rotatable bonds is 2. The molecule has 0 aliphatic rings. The van der Waals surface area contributed by atoms with Gasteiger partial charge in [-0.1, -0.05) is 22.0 Å². The van der Waals surface area contributed by atoms with Gasteiger partial charge < -0.3 is 5.73 Å². The zero-order valence-corrected chi connectivity index (χ0v) is 12.9. The predicted molar refractivity (Wildman–Crippen MR) is 79.2 cm³/mol. The van der Waals surface area contributed by atoms with Crippen LogP contribution in [0.4, 0.5) is 8.78 Å². The lowest BCUT2D eigenvalue weighted by Gasteiger charge is -2.15. The second-order valence-corrected chi connectivity index (χ2v) is 5.91. The molecule has 1 unspecified atom stereocenters. The molecule has 0 aliphatic carbocycles. The van der Waals surface area contributed by atoms with Gasteiger partial charge in [0.15, 0.2) is 0 Å². The molecule has 0 amide bonds. The molecule has 0 saturated carbocycles. The van der Waals surface area contributed by atoms with Crippen LogP contribution < -0.4 is 5.73 Å². The standard InChI is InChI=1S/C13H9BrF2IN/c14-11-4-2-8(17)6-10(11)13(18)9-3-1-7(15)5-12(9)16/h1-6,13H,18H2. The molecule has 0 radical (unpaired) electrons. The van der Waals surface area contributed by atoms with Crippen molar-refractivity contribution >= 4 is 38.5 Å². The number of hydrogen-bond donors (Lipinski definition) is 1. The monoisotopic (exact) mass is 423 g/mol. The Kier molecular flexibility index (Phi) is 4.34. The van der Waals surface area contributed by atoms with E-state index in [1.807, 2.05) is 18.2 Å². The summed E-state index contributed by atoms with van der Waals surface area (Å²) in [6.07, 6.45) is 0. The average Bonchev–Trinajstić information content (AvgIpc) is 2.31. The van der Waals surface area contributed by atoms with Gasteiger partial charge in [-0.25, -0.2) is 8.78 Å². The van der Waals surface area contributed by atoms with Gasteiger partial charge in [-0.3, -0.25) is 0 Å². The molecule has 2 aromatic rings. The van der Waals surface area contributed by atoms with Gasteiger partial charge in [0, 0.05) is 19.7 Å². The Hall–Kier alpha value is -0.530. The predicted octanol–water partition coefficient (Wildman–Crippen LogP) is 4.38. The molecule has 1 nitrogen and oxygen atoms in total. The number of halogens is 4. The van der Waals surface area contributed by atoms with E-state index >= 15 is 0 Å². The van der Waals surface area contributed by atoms with Crippen molar-refractivity contribution in [1.29, 1.82) is 0 Å². The molecule has 0 fully saturated rings. The van der Waals surface area contributed by atoms with Gasteiger partial charge in [0.05, 0.1) is 6.04 Å². The van der Waals surface area contributed by atoms with Crippen LogP contribution in [0.5, 0.6) is 0 Å². The fourth-order valence-electron chi connectivity index (χ4n) is 1.67. The first-order valence-corrected chi connectivity index (χ1v) is 7.01. The van der Waals surface area contributed by atoms with Crippen molar-refractivity contribution < 1.29 is 8.78 Å². The zero-order valence-electron chi connectivity index (χ0n) is 9.13. The highest BCUT2D eigenvalue weighted by Crippen LogP contribution is 2.29. The molecule has 0 saturated heterocycles. The minimum Gasteiger partial charge on any atom is -0.320 e. The maximum atomic E-state index is 13.7. The van der Waals surface area contributed by atoms with Crippen LogP contribution in [0.3, 0.4) is 0 Å². The molecule has 0 spiro atoms. The maximum absolute atomic E-state index is 13.7. The quantitative estimate of drug-likeness (QED) is 0.712. The molecule has 0 heterocycles. The third-order valence-corrected chi connectivity index (χ3v) is 3.98. The summed E-state index contributed by atoms with van der Waals surface area (Å²) < 4.78 is 28.4. The lowest BCUT2D eigenvalue weighted by molar-refractivity contribution is 0.565. The smallest absolute Gasteiger partial charge is 0.131 e. The van der Waals surface area contributed by atoms with Gasteiger partial charge in [-0.05, 0) is 52.4 Å². The van der Waals surface area contributed by atoms with Crippen molar-refractivity contribution in [3.63, 3.8) is 0 Å². The van der Waals surface area contributed by atoms with Crippen molar-refractivity contribution in [2.75, 3.05) is 0 Å². The molecule has 0 aromatic heterocycles. The van der Waals surface area contributed by atoms with Crippen molar-refractivity contribution in [3.05, 3.63) is 67.2 Å². The van der Waals surface area contributed by atoms with E-state index in [4.69, 9.17) is 5.73 Å². The number of nitrogens with two attached hydrogens (primary N) is 1. The van der Waals surface area contributed by atoms with E-state index in [-0.39, 0.29) is 5.56 Å². The molecule has 1 atom stereocenters. The Balaban J connectivity index is 2.47. The third kappa shape index (κ3) is 2.89.